The van der Waals surface area contributed by atoms with Gasteiger partial charge in [-0.05, 0) is 38.6 Å². The highest BCUT2D eigenvalue weighted by Crippen LogP contribution is 2.20. The van der Waals surface area contributed by atoms with Gasteiger partial charge in [-0.15, -0.1) is 0 Å². The van der Waals surface area contributed by atoms with Crippen molar-refractivity contribution in [2.75, 3.05) is 13.2 Å². The fourth-order valence-electron chi connectivity index (χ4n) is 2.98. The lowest BCUT2D eigenvalue weighted by Crippen LogP contribution is -2.43. The van der Waals surface area contributed by atoms with Crippen molar-refractivity contribution in [2.24, 2.45) is 0 Å². The minimum atomic E-state index is 0.482. The molecule has 0 aliphatic carbocycles. The summed E-state index contributed by atoms with van der Waals surface area (Å²) in [5.41, 5.74) is 0. The van der Waals surface area contributed by atoms with Gasteiger partial charge in [0.2, 0.25) is 0 Å². The fourth-order valence-corrected chi connectivity index (χ4v) is 2.98. The number of nitrogens with one attached hydrogen (secondary N) is 1. The van der Waals surface area contributed by atoms with Gasteiger partial charge >= 0.3 is 0 Å². The molecule has 0 bridgehead atoms. The SMILES string of the molecule is CCCCCCCCC(NCCC)C1CCCCO1. The van der Waals surface area contributed by atoms with E-state index in [2.05, 4.69) is 19.2 Å². The molecule has 2 heteroatoms. The largest absolute Gasteiger partial charge is 0.377 e. The highest BCUT2D eigenvalue weighted by atomic mass is 16.5. The quantitative estimate of drug-likeness (QED) is 0.550. The van der Waals surface area contributed by atoms with Crippen LogP contribution >= 0.6 is 0 Å². The second kappa shape index (κ2) is 11.7. The van der Waals surface area contributed by atoms with Crippen LogP contribution in [0.25, 0.3) is 0 Å². The van der Waals surface area contributed by atoms with Gasteiger partial charge in [0.15, 0.2) is 0 Å². The van der Waals surface area contributed by atoms with Gasteiger partial charge < -0.3 is 10.1 Å². The third-order valence-corrected chi connectivity index (χ3v) is 4.19. The molecule has 0 spiro atoms. The Hall–Kier alpha value is -0.0800. The van der Waals surface area contributed by atoms with E-state index < -0.39 is 0 Å². The molecule has 2 unspecified atom stereocenters. The van der Waals surface area contributed by atoms with E-state index in [4.69, 9.17) is 4.74 Å². The molecule has 1 rings (SSSR count). The van der Waals surface area contributed by atoms with Crippen molar-refractivity contribution >= 4 is 0 Å². The molecule has 0 saturated carbocycles. The molecule has 0 radical (unpaired) electrons. The average molecular weight is 269 g/mol. The third-order valence-electron chi connectivity index (χ3n) is 4.19. The Morgan fingerprint density at radius 1 is 1.00 bits per heavy atom. The Balaban J connectivity index is 2.16. The molecule has 1 aliphatic heterocycles. The van der Waals surface area contributed by atoms with Crippen LogP contribution in [0, 0.1) is 0 Å². The highest BCUT2D eigenvalue weighted by molar-refractivity contribution is 4.79. The molecule has 0 aromatic carbocycles. The number of hydrogen-bond acceptors (Lipinski definition) is 2. The first kappa shape index (κ1) is 17.0. The van der Waals surface area contributed by atoms with Crippen molar-refractivity contribution in [1.82, 2.24) is 5.32 Å². The first-order valence-electron chi connectivity index (χ1n) is 8.73. The molecule has 2 nitrogen and oxygen atoms in total. The van der Waals surface area contributed by atoms with Crippen LogP contribution < -0.4 is 5.32 Å². The van der Waals surface area contributed by atoms with E-state index in [1.54, 1.807) is 0 Å². The second-order valence-corrected chi connectivity index (χ2v) is 6.02. The summed E-state index contributed by atoms with van der Waals surface area (Å²) in [7, 11) is 0. The van der Waals surface area contributed by atoms with Crippen molar-refractivity contribution in [1.29, 1.82) is 0 Å². The Morgan fingerprint density at radius 2 is 1.79 bits per heavy atom. The molecule has 0 aromatic heterocycles. The molecule has 1 fully saturated rings. The molecule has 1 heterocycles. The van der Waals surface area contributed by atoms with Crippen LogP contribution in [0.4, 0.5) is 0 Å². The minimum Gasteiger partial charge on any atom is -0.377 e. The summed E-state index contributed by atoms with van der Waals surface area (Å²) in [5.74, 6) is 0. The van der Waals surface area contributed by atoms with E-state index in [9.17, 15) is 0 Å². The van der Waals surface area contributed by atoms with Crippen LogP contribution in [0.15, 0.2) is 0 Å². The Bertz CT molecular complexity index is 190. The van der Waals surface area contributed by atoms with Crippen molar-refractivity contribution in [3.05, 3.63) is 0 Å². The topological polar surface area (TPSA) is 21.3 Å². The van der Waals surface area contributed by atoms with Gasteiger partial charge in [-0.25, -0.2) is 0 Å². The molecule has 0 amide bonds. The molecule has 0 aromatic rings. The van der Waals surface area contributed by atoms with Crippen molar-refractivity contribution in [3.63, 3.8) is 0 Å². The lowest BCUT2D eigenvalue weighted by Gasteiger charge is -2.31. The predicted octanol–water partition coefficient (Wildman–Crippen LogP) is 4.67. The molecule has 114 valence electrons. The van der Waals surface area contributed by atoms with E-state index in [1.807, 2.05) is 0 Å². The van der Waals surface area contributed by atoms with Crippen LogP contribution in [-0.4, -0.2) is 25.3 Å². The van der Waals surface area contributed by atoms with Crippen LogP contribution in [0.3, 0.4) is 0 Å². The summed E-state index contributed by atoms with van der Waals surface area (Å²) in [6.45, 7) is 6.65. The Kier molecular flexibility index (Phi) is 10.5. The number of unbranched alkanes of at least 4 members (excludes halogenated alkanes) is 5. The maximum atomic E-state index is 5.97. The van der Waals surface area contributed by atoms with Crippen molar-refractivity contribution in [2.45, 2.75) is 96.6 Å². The van der Waals surface area contributed by atoms with Gasteiger partial charge in [0.25, 0.3) is 0 Å². The molecule has 1 N–H and O–H groups in total. The fraction of sp³-hybridized carbons (Fsp3) is 1.00. The monoisotopic (exact) mass is 269 g/mol. The molecule has 19 heavy (non-hydrogen) atoms. The van der Waals surface area contributed by atoms with Crippen LogP contribution in [0.5, 0.6) is 0 Å². The minimum absolute atomic E-state index is 0.482. The van der Waals surface area contributed by atoms with E-state index in [0.29, 0.717) is 12.1 Å². The Labute approximate surface area is 120 Å². The maximum Gasteiger partial charge on any atom is 0.0728 e. The summed E-state index contributed by atoms with van der Waals surface area (Å²) in [6, 6.07) is 0.603. The van der Waals surface area contributed by atoms with Crippen LogP contribution in [0.1, 0.15) is 84.5 Å². The van der Waals surface area contributed by atoms with Crippen LogP contribution in [-0.2, 0) is 4.74 Å². The first-order valence-corrected chi connectivity index (χ1v) is 8.73. The average Bonchev–Trinajstić information content (AvgIpc) is 2.46. The van der Waals surface area contributed by atoms with E-state index in [0.717, 1.165) is 13.2 Å². The lowest BCUT2D eigenvalue weighted by atomic mass is 9.96. The zero-order valence-corrected chi connectivity index (χ0v) is 13.3. The lowest BCUT2D eigenvalue weighted by molar-refractivity contribution is -0.00971. The maximum absolute atomic E-state index is 5.97. The third kappa shape index (κ3) is 7.94. The van der Waals surface area contributed by atoms with Gasteiger partial charge in [0, 0.05) is 12.6 Å². The predicted molar refractivity (Wildman–Crippen MR) is 83.7 cm³/mol. The second-order valence-electron chi connectivity index (χ2n) is 6.02. The zero-order valence-electron chi connectivity index (χ0n) is 13.3. The summed E-state index contributed by atoms with van der Waals surface area (Å²) in [6.07, 6.45) is 15.2. The number of ether oxygens (including phenoxy) is 1. The molecule has 1 aliphatic rings. The van der Waals surface area contributed by atoms with Gasteiger partial charge in [-0.2, -0.15) is 0 Å². The summed E-state index contributed by atoms with van der Waals surface area (Å²) in [5, 5.41) is 3.72. The van der Waals surface area contributed by atoms with E-state index in [1.165, 1.54) is 70.6 Å². The normalized spacial score (nSPS) is 21.5. The smallest absolute Gasteiger partial charge is 0.0728 e. The number of hydrogen-bond donors (Lipinski definition) is 1. The van der Waals surface area contributed by atoms with Crippen LogP contribution in [0.2, 0.25) is 0 Å². The van der Waals surface area contributed by atoms with Gasteiger partial charge in [0.05, 0.1) is 6.10 Å². The van der Waals surface area contributed by atoms with Crippen molar-refractivity contribution in [3.8, 4) is 0 Å². The standard InChI is InChI=1S/C17H35NO/c1-3-5-6-7-8-9-12-16(18-14-4-2)17-13-10-11-15-19-17/h16-18H,3-15H2,1-2H3. The molecular weight excluding hydrogens is 234 g/mol. The van der Waals surface area contributed by atoms with E-state index >= 15 is 0 Å². The molecule has 2 atom stereocenters. The summed E-state index contributed by atoms with van der Waals surface area (Å²) in [4.78, 5) is 0. The Morgan fingerprint density at radius 3 is 2.47 bits per heavy atom. The summed E-state index contributed by atoms with van der Waals surface area (Å²) >= 11 is 0. The first-order chi connectivity index (χ1) is 9.38. The van der Waals surface area contributed by atoms with Gasteiger partial charge in [0.1, 0.15) is 0 Å². The van der Waals surface area contributed by atoms with Gasteiger partial charge in [-0.1, -0.05) is 52.4 Å². The zero-order chi connectivity index (χ0) is 13.8. The number of rotatable bonds is 11. The molecular formula is C17H35NO. The van der Waals surface area contributed by atoms with Gasteiger partial charge in [-0.3, -0.25) is 0 Å². The molecule has 1 saturated heterocycles. The van der Waals surface area contributed by atoms with Crippen molar-refractivity contribution < 1.29 is 4.74 Å². The summed E-state index contributed by atoms with van der Waals surface area (Å²) < 4.78 is 5.97. The highest BCUT2D eigenvalue weighted by Gasteiger charge is 2.23. The van der Waals surface area contributed by atoms with E-state index in [-0.39, 0.29) is 0 Å².